The molecule has 1 unspecified atom stereocenters. The second-order valence-electron chi connectivity index (χ2n) is 7.99. The van der Waals surface area contributed by atoms with Crippen molar-refractivity contribution in [2.75, 3.05) is 25.7 Å². The van der Waals surface area contributed by atoms with Gasteiger partial charge in [0.15, 0.2) is 11.4 Å². The number of ether oxygens (including phenoxy) is 2. The Kier molecular flexibility index (Phi) is 6.43. The zero-order valence-electron chi connectivity index (χ0n) is 19.4. The van der Waals surface area contributed by atoms with Crippen molar-refractivity contribution in [2.24, 2.45) is 0 Å². The van der Waals surface area contributed by atoms with Crippen molar-refractivity contribution in [3.05, 3.63) is 70.4 Å². The van der Waals surface area contributed by atoms with Gasteiger partial charge in [-0.2, -0.15) is 0 Å². The monoisotopic (exact) mass is 482 g/mol. The summed E-state index contributed by atoms with van der Waals surface area (Å²) in [6.45, 7) is 4.16. The van der Waals surface area contributed by atoms with Crippen LogP contribution in [0.1, 0.15) is 24.2 Å². The number of fused-ring (bicyclic) bond motifs is 1. The van der Waals surface area contributed by atoms with Gasteiger partial charge in [-0.1, -0.05) is 24.3 Å². The molecule has 178 valence electrons. The molecule has 0 bridgehead atoms. The number of aromatic nitrogens is 4. The summed E-state index contributed by atoms with van der Waals surface area (Å²) < 4.78 is 36.9. The number of benzene rings is 1. The molecule has 0 saturated heterocycles. The van der Waals surface area contributed by atoms with Crippen LogP contribution in [0.5, 0.6) is 11.6 Å². The van der Waals surface area contributed by atoms with Gasteiger partial charge in [0.25, 0.3) is 5.88 Å². The molecule has 34 heavy (non-hydrogen) atoms. The van der Waals surface area contributed by atoms with Gasteiger partial charge in [-0.25, -0.2) is 23.2 Å². The summed E-state index contributed by atoms with van der Waals surface area (Å²) in [5, 5.41) is 0. The molecule has 0 fully saturated rings. The van der Waals surface area contributed by atoms with Gasteiger partial charge in [0.1, 0.15) is 9.84 Å². The number of aryl methyl sites for hydroxylation is 1. The molecule has 3 heterocycles. The smallest absolute Gasteiger partial charge is 0.328 e. The molecule has 0 amide bonds. The van der Waals surface area contributed by atoms with Gasteiger partial charge in [-0.15, -0.1) is 0 Å². The summed E-state index contributed by atoms with van der Waals surface area (Å²) in [5.74, 6) is 0.297. The molecule has 0 aliphatic carbocycles. The van der Waals surface area contributed by atoms with Gasteiger partial charge >= 0.3 is 5.69 Å². The number of hydrogen-bond donors (Lipinski definition) is 1. The van der Waals surface area contributed by atoms with E-state index in [4.69, 9.17) is 9.47 Å². The van der Waals surface area contributed by atoms with Crippen molar-refractivity contribution in [3.63, 3.8) is 0 Å². The summed E-state index contributed by atoms with van der Waals surface area (Å²) in [6.07, 6.45) is 2.80. The number of aromatic amines is 1. The highest BCUT2D eigenvalue weighted by atomic mass is 32.2. The average Bonchev–Trinajstić information content (AvgIpc) is 3.12. The van der Waals surface area contributed by atoms with Gasteiger partial charge < -0.3 is 14.5 Å². The molecule has 0 aliphatic rings. The number of sulfone groups is 1. The van der Waals surface area contributed by atoms with E-state index in [0.29, 0.717) is 29.2 Å². The third-order valence-electron chi connectivity index (χ3n) is 5.47. The number of H-pyrrole nitrogens is 1. The first-order valence-electron chi connectivity index (χ1n) is 10.7. The molecule has 0 radical (unpaired) electrons. The van der Waals surface area contributed by atoms with Crippen LogP contribution in [0.2, 0.25) is 0 Å². The Morgan fingerprint density at radius 1 is 1.18 bits per heavy atom. The average molecular weight is 483 g/mol. The molecule has 4 rings (SSSR count). The Balaban J connectivity index is 1.89. The van der Waals surface area contributed by atoms with Gasteiger partial charge in [0, 0.05) is 18.0 Å². The van der Waals surface area contributed by atoms with E-state index in [9.17, 15) is 13.2 Å². The summed E-state index contributed by atoms with van der Waals surface area (Å²) in [4.78, 5) is 24.9. The quantitative estimate of drug-likeness (QED) is 0.410. The molecule has 4 aromatic rings. The largest absolute Gasteiger partial charge is 0.491 e. The fourth-order valence-corrected chi connectivity index (χ4v) is 4.84. The molecular formula is C24H26N4O5S. The van der Waals surface area contributed by atoms with Crippen LogP contribution in [-0.4, -0.2) is 53.7 Å². The van der Waals surface area contributed by atoms with Crippen LogP contribution in [0.15, 0.2) is 53.5 Å². The fourth-order valence-electron chi connectivity index (χ4n) is 3.95. The molecule has 1 atom stereocenters. The predicted octanol–water partition coefficient (Wildman–Crippen LogP) is 3.14. The van der Waals surface area contributed by atoms with Crippen LogP contribution < -0.4 is 15.2 Å². The number of rotatable bonds is 8. The van der Waals surface area contributed by atoms with Crippen LogP contribution >= 0.6 is 0 Å². The number of nitrogens with zero attached hydrogens (tertiary/aromatic N) is 3. The third-order valence-corrected chi connectivity index (χ3v) is 6.39. The lowest BCUT2D eigenvalue weighted by molar-refractivity contribution is 0.296. The second kappa shape index (κ2) is 9.30. The van der Waals surface area contributed by atoms with E-state index in [1.54, 1.807) is 18.3 Å². The first-order chi connectivity index (χ1) is 16.2. The summed E-state index contributed by atoms with van der Waals surface area (Å²) in [5.41, 5.74) is 3.63. The minimum Gasteiger partial charge on any atom is -0.491 e. The van der Waals surface area contributed by atoms with Crippen molar-refractivity contribution in [1.29, 1.82) is 0 Å². The zero-order chi connectivity index (χ0) is 24.5. The molecule has 0 aliphatic heterocycles. The van der Waals surface area contributed by atoms with E-state index in [1.807, 2.05) is 44.2 Å². The molecule has 10 heteroatoms. The van der Waals surface area contributed by atoms with Crippen molar-refractivity contribution < 1.29 is 17.9 Å². The lowest BCUT2D eigenvalue weighted by atomic mass is 10.0. The summed E-state index contributed by atoms with van der Waals surface area (Å²) in [6, 6.07) is 12.1. The highest BCUT2D eigenvalue weighted by molar-refractivity contribution is 7.90. The van der Waals surface area contributed by atoms with Crippen LogP contribution in [-0.2, 0) is 9.84 Å². The molecule has 1 N–H and O–H groups in total. The number of imidazole rings is 1. The standard InChI is InChI=1S/C24H26N4O5S/c1-5-33-23-21(32-3)11-10-18(26-23)20(14-34(4,30)31)28-22-19(27-24(28)29)12-16(13-25-22)17-9-7-6-8-15(17)2/h6-13,20H,5,14H2,1-4H3,(H,27,29). The van der Waals surface area contributed by atoms with E-state index in [1.165, 1.54) is 11.7 Å². The lowest BCUT2D eigenvalue weighted by Gasteiger charge is -2.19. The Labute approximate surface area is 197 Å². The Bertz CT molecular complexity index is 1510. The Hall–Kier alpha value is -3.66. The van der Waals surface area contributed by atoms with Gasteiger partial charge in [0.05, 0.1) is 36.7 Å². The highest BCUT2D eigenvalue weighted by Crippen LogP contribution is 2.30. The van der Waals surface area contributed by atoms with Crippen LogP contribution in [0.3, 0.4) is 0 Å². The van der Waals surface area contributed by atoms with Crippen molar-refractivity contribution in [1.82, 2.24) is 19.5 Å². The predicted molar refractivity (Wildman–Crippen MR) is 130 cm³/mol. The number of pyridine rings is 2. The maximum Gasteiger partial charge on any atom is 0.328 e. The van der Waals surface area contributed by atoms with Crippen molar-refractivity contribution in [3.8, 4) is 22.8 Å². The molecule has 3 aromatic heterocycles. The number of methoxy groups -OCH3 is 1. The van der Waals surface area contributed by atoms with E-state index in [0.717, 1.165) is 22.9 Å². The summed E-state index contributed by atoms with van der Waals surface area (Å²) >= 11 is 0. The Morgan fingerprint density at radius 2 is 1.94 bits per heavy atom. The second-order valence-corrected chi connectivity index (χ2v) is 10.2. The maximum absolute atomic E-state index is 13.1. The number of nitrogens with one attached hydrogen (secondary N) is 1. The van der Waals surface area contributed by atoms with Gasteiger partial charge in [0.2, 0.25) is 0 Å². The van der Waals surface area contributed by atoms with E-state index < -0.39 is 21.6 Å². The van der Waals surface area contributed by atoms with E-state index >= 15 is 0 Å². The first kappa shape index (κ1) is 23.5. The molecule has 0 spiro atoms. The fraction of sp³-hybridized carbons (Fsp3) is 0.292. The Morgan fingerprint density at radius 3 is 2.62 bits per heavy atom. The van der Waals surface area contributed by atoms with Gasteiger partial charge in [-0.3, -0.25) is 4.57 Å². The SMILES string of the molecule is CCOc1nc(C(CS(C)(=O)=O)n2c(=O)[nH]c3cc(-c4ccccc4C)cnc32)ccc1OC. The highest BCUT2D eigenvalue weighted by Gasteiger charge is 2.27. The summed E-state index contributed by atoms with van der Waals surface area (Å²) in [7, 11) is -2.00. The number of hydrogen-bond acceptors (Lipinski definition) is 7. The lowest BCUT2D eigenvalue weighted by Crippen LogP contribution is -2.29. The topological polar surface area (TPSA) is 116 Å². The normalized spacial score (nSPS) is 12.6. The molecule has 0 saturated carbocycles. The van der Waals surface area contributed by atoms with Gasteiger partial charge in [-0.05, 0) is 43.2 Å². The third kappa shape index (κ3) is 4.67. The molecule has 1 aromatic carbocycles. The first-order valence-corrected chi connectivity index (χ1v) is 12.8. The maximum atomic E-state index is 13.1. The molecule has 9 nitrogen and oxygen atoms in total. The van der Waals surface area contributed by atoms with Crippen LogP contribution in [0.4, 0.5) is 0 Å². The van der Waals surface area contributed by atoms with Crippen molar-refractivity contribution >= 4 is 21.0 Å². The van der Waals surface area contributed by atoms with Crippen molar-refractivity contribution in [2.45, 2.75) is 19.9 Å². The minimum absolute atomic E-state index is 0.226. The minimum atomic E-state index is -3.49. The zero-order valence-corrected chi connectivity index (χ0v) is 20.2. The van der Waals surface area contributed by atoms with Crippen LogP contribution in [0, 0.1) is 6.92 Å². The van der Waals surface area contributed by atoms with E-state index in [2.05, 4.69) is 15.0 Å². The van der Waals surface area contributed by atoms with E-state index in [-0.39, 0.29) is 11.6 Å². The van der Waals surface area contributed by atoms with Crippen LogP contribution in [0.25, 0.3) is 22.3 Å². The molecular weight excluding hydrogens is 456 g/mol.